The first kappa shape index (κ1) is 29.5. The molecule has 1 aromatic heterocycles. The van der Waals surface area contributed by atoms with E-state index in [0.29, 0.717) is 67.1 Å². The van der Waals surface area contributed by atoms with Gasteiger partial charge in [0.1, 0.15) is 6.04 Å². The van der Waals surface area contributed by atoms with Gasteiger partial charge in [0.2, 0.25) is 21.8 Å². The van der Waals surface area contributed by atoms with Gasteiger partial charge in [-0.3, -0.25) is 14.5 Å². The van der Waals surface area contributed by atoms with Gasteiger partial charge in [-0.15, -0.1) is 11.3 Å². The number of hydrogen-bond acceptors (Lipinski definition) is 8. The van der Waals surface area contributed by atoms with E-state index in [1.807, 2.05) is 4.90 Å². The van der Waals surface area contributed by atoms with E-state index < -0.39 is 31.8 Å². The zero-order valence-corrected chi connectivity index (χ0v) is 24.8. The number of likely N-dealkylation sites (tertiary alicyclic amines) is 3. The maximum atomic E-state index is 13.3. The predicted molar refractivity (Wildman–Crippen MR) is 149 cm³/mol. The fourth-order valence-corrected chi connectivity index (χ4v) is 8.60. The minimum atomic E-state index is -3.87. The summed E-state index contributed by atoms with van der Waals surface area (Å²) in [5, 5.41) is 0.658. The monoisotopic (exact) mass is 606 g/mol. The molecule has 3 aliphatic heterocycles. The highest BCUT2D eigenvalue weighted by molar-refractivity contribution is 7.92. The van der Waals surface area contributed by atoms with Crippen LogP contribution in [0.4, 0.5) is 0 Å². The zero-order valence-electron chi connectivity index (χ0n) is 21.6. The van der Waals surface area contributed by atoms with Crippen LogP contribution >= 0.6 is 22.9 Å². The molecule has 1 aromatic rings. The number of rotatable bonds is 9. The predicted octanol–water partition coefficient (Wildman–Crippen LogP) is 1.64. The SMILES string of the molecule is C[C@@H]1C[C@@H](CN2CCC(S(C)(=O)=O)C2)N(C(=O)CN2CCC[C@H](NS(=O)(=O)/C=C/c3ccc(Cl)s3)C2=O)C1. The number of piperidine rings is 1. The van der Waals surface area contributed by atoms with Crippen LogP contribution in [0.2, 0.25) is 4.34 Å². The van der Waals surface area contributed by atoms with Crippen LogP contribution in [-0.2, 0) is 29.4 Å². The summed E-state index contributed by atoms with van der Waals surface area (Å²) >= 11 is 7.13. The number of carbonyl (C=O) groups is 2. The van der Waals surface area contributed by atoms with Crippen molar-refractivity contribution in [3.63, 3.8) is 0 Å². The number of nitrogens with zero attached hydrogens (tertiary/aromatic N) is 3. The Kier molecular flexibility index (Phi) is 9.25. The second-order valence-electron chi connectivity index (χ2n) is 10.6. The first-order chi connectivity index (χ1) is 17.8. The molecule has 3 aliphatic rings. The molecule has 14 heteroatoms. The topological polar surface area (TPSA) is 124 Å². The molecule has 1 N–H and O–H groups in total. The van der Waals surface area contributed by atoms with Crippen molar-refractivity contribution in [2.45, 2.75) is 49.9 Å². The van der Waals surface area contributed by atoms with Crippen LogP contribution in [0.25, 0.3) is 6.08 Å². The molecule has 4 heterocycles. The molecular formula is C24H35ClN4O6S3. The van der Waals surface area contributed by atoms with E-state index in [-0.39, 0.29) is 23.7 Å². The van der Waals surface area contributed by atoms with Crippen LogP contribution in [0, 0.1) is 5.92 Å². The molecule has 212 valence electrons. The Morgan fingerprint density at radius 1 is 1.18 bits per heavy atom. The Hall–Kier alpha value is -1.51. The lowest BCUT2D eigenvalue weighted by Crippen LogP contribution is -2.55. The molecule has 0 aliphatic carbocycles. The maximum Gasteiger partial charge on any atom is 0.242 e. The van der Waals surface area contributed by atoms with Gasteiger partial charge in [0.05, 0.1) is 16.1 Å². The van der Waals surface area contributed by atoms with E-state index >= 15 is 0 Å². The number of sulfonamides is 1. The molecule has 3 saturated heterocycles. The summed E-state index contributed by atoms with van der Waals surface area (Å²) in [5.74, 6) is -0.261. The summed E-state index contributed by atoms with van der Waals surface area (Å²) in [7, 11) is -6.97. The largest absolute Gasteiger partial charge is 0.337 e. The molecule has 4 rings (SSSR count). The molecule has 0 radical (unpaired) electrons. The van der Waals surface area contributed by atoms with Crippen molar-refractivity contribution in [1.29, 1.82) is 0 Å². The van der Waals surface area contributed by atoms with Crippen molar-refractivity contribution in [2.75, 3.05) is 45.5 Å². The van der Waals surface area contributed by atoms with Gasteiger partial charge >= 0.3 is 0 Å². The number of carbonyl (C=O) groups excluding carboxylic acids is 2. The Morgan fingerprint density at radius 2 is 1.95 bits per heavy atom. The molecular weight excluding hydrogens is 572 g/mol. The van der Waals surface area contributed by atoms with Gasteiger partial charge in [0.25, 0.3) is 0 Å². The molecule has 4 atom stereocenters. The molecule has 3 fully saturated rings. The first-order valence-corrected chi connectivity index (χ1v) is 17.5. The Morgan fingerprint density at radius 3 is 2.61 bits per heavy atom. The van der Waals surface area contributed by atoms with Crippen LogP contribution in [0.3, 0.4) is 0 Å². The van der Waals surface area contributed by atoms with Crippen molar-refractivity contribution in [2.24, 2.45) is 5.92 Å². The van der Waals surface area contributed by atoms with Gasteiger partial charge in [-0.25, -0.2) is 16.8 Å². The van der Waals surface area contributed by atoms with Crippen LogP contribution in [-0.4, -0.2) is 106 Å². The van der Waals surface area contributed by atoms with E-state index in [0.717, 1.165) is 11.8 Å². The van der Waals surface area contributed by atoms with Crippen molar-refractivity contribution in [3.05, 3.63) is 26.8 Å². The van der Waals surface area contributed by atoms with Crippen molar-refractivity contribution in [3.8, 4) is 0 Å². The van der Waals surface area contributed by atoms with E-state index in [9.17, 15) is 26.4 Å². The van der Waals surface area contributed by atoms with Gasteiger partial charge < -0.3 is 9.80 Å². The lowest BCUT2D eigenvalue weighted by Gasteiger charge is -2.34. The lowest BCUT2D eigenvalue weighted by atomic mass is 10.1. The average molecular weight is 607 g/mol. The van der Waals surface area contributed by atoms with Crippen LogP contribution < -0.4 is 4.72 Å². The summed E-state index contributed by atoms with van der Waals surface area (Å²) in [4.78, 5) is 32.5. The van der Waals surface area contributed by atoms with Gasteiger partial charge in [-0.1, -0.05) is 18.5 Å². The fourth-order valence-electron chi connectivity index (χ4n) is 5.51. The normalized spacial score (nSPS) is 27.6. The molecule has 38 heavy (non-hydrogen) atoms. The minimum absolute atomic E-state index is 0.0408. The van der Waals surface area contributed by atoms with Crippen LogP contribution in [0.1, 0.15) is 37.5 Å². The third-order valence-corrected chi connectivity index (χ3v) is 11.3. The van der Waals surface area contributed by atoms with Gasteiger partial charge in [0, 0.05) is 48.8 Å². The van der Waals surface area contributed by atoms with Crippen LogP contribution in [0.5, 0.6) is 0 Å². The number of thiophene rings is 1. The molecule has 0 saturated carbocycles. The second-order valence-corrected chi connectivity index (χ2v) is 16.3. The Balaban J connectivity index is 1.34. The Labute approximate surface area is 234 Å². The fraction of sp³-hybridized carbons (Fsp3) is 0.667. The lowest BCUT2D eigenvalue weighted by molar-refractivity contribution is -0.143. The molecule has 1 unspecified atom stereocenters. The van der Waals surface area contributed by atoms with E-state index in [1.165, 1.54) is 28.6 Å². The van der Waals surface area contributed by atoms with Gasteiger partial charge in [-0.2, -0.15) is 4.72 Å². The maximum absolute atomic E-state index is 13.3. The van der Waals surface area contributed by atoms with Crippen molar-refractivity contribution >= 4 is 60.7 Å². The standard InChI is InChI=1S/C24H35ClN4O6S3/c1-17-12-18(14-27-10-7-20(15-27)37(2,32)33)29(13-17)23(30)16-28-9-3-4-21(24(28)31)26-38(34,35)11-8-19-5-6-22(25)36-19/h5-6,8,11,17-18,20-21,26H,3-4,7,9-10,12-16H2,1-2H3/b11-8+/t17-,18+,20?,21+/m1/s1. The molecule has 0 spiro atoms. The third kappa shape index (κ3) is 7.57. The minimum Gasteiger partial charge on any atom is -0.337 e. The molecule has 0 bridgehead atoms. The number of sulfone groups is 1. The quantitative estimate of drug-likeness (QED) is 0.453. The second kappa shape index (κ2) is 11.9. The van der Waals surface area contributed by atoms with Crippen molar-refractivity contribution in [1.82, 2.24) is 19.4 Å². The van der Waals surface area contributed by atoms with Gasteiger partial charge in [0.15, 0.2) is 9.84 Å². The first-order valence-electron chi connectivity index (χ1n) is 12.8. The van der Waals surface area contributed by atoms with E-state index in [1.54, 1.807) is 12.1 Å². The molecule has 2 amide bonds. The van der Waals surface area contributed by atoms with Gasteiger partial charge in [-0.05, 0) is 56.4 Å². The summed E-state index contributed by atoms with van der Waals surface area (Å²) in [5.41, 5.74) is 0. The summed E-state index contributed by atoms with van der Waals surface area (Å²) in [6, 6.07) is 2.41. The third-order valence-electron chi connectivity index (χ3n) is 7.42. The highest BCUT2D eigenvalue weighted by Crippen LogP contribution is 2.27. The van der Waals surface area contributed by atoms with E-state index in [4.69, 9.17) is 11.6 Å². The highest BCUT2D eigenvalue weighted by Gasteiger charge is 2.39. The summed E-state index contributed by atoms with van der Waals surface area (Å²) < 4.78 is 52.0. The smallest absolute Gasteiger partial charge is 0.242 e. The molecule has 10 nitrogen and oxygen atoms in total. The Bertz CT molecular complexity index is 1280. The summed E-state index contributed by atoms with van der Waals surface area (Å²) in [6.45, 7) is 4.73. The average Bonchev–Trinajstić information content (AvgIpc) is 3.55. The zero-order chi connectivity index (χ0) is 27.7. The number of halogens is 1. The highest BCUT2D eigenvalue weighted by atomic mass is 35.5. The number of amides is 2. The summed E-state index contributed by atoms with van der Waals surface area (Å²) in [6.07, 6.45) is 5.07. The van der Waals surface area contributed by atoms with Crippen LogP contribution in [0.15, 0.2) is 17.5 Å². The number of hydrogen-bond donors (Lipinski definition) is 1. The number of nitrogens with one attached hydrogen (secondary N) is 1. The van der Waals surface area contributed by atoms with E-state index in [2.05, 4.69) is 16.5 Å². The van der Waals surface area contributed by atoms with Crippen molar-refractivity contribution < 1.29 is 26.4 Å². The molecule has 0 aromatic carbocycles.